The number of aromatic nitrogens is 2. The van der Waals surface area contributed by atoms with E-state index in [2.05, 4.69) is 10.3 Å². The van der Waals surface area contributed by atoms with Crippen molar-refractivity contribution in [2.24, 2.45) is 18.2 Å². The number of aryl methyl sites for hydroxylation is 1. The highest BCUT2D eigenvalue weighted by Gasteiger charge is 2.32. The molecule has 0 bridgehead atoms. The quantitative estimate of drug-likeness (QED) is 0.807. The first kappa shape index (κ1) is 12.1. The van der Waals surface area contributed by atoms with Gasteiger partial charge < -0.3 is 15.6 Å². The molecule has 1 aromatic heterocycles. The molecular weight excluding hydrogens is 216 g/mol. The second kappa shape index (κ2) is 4.87. The van der Waals surface area contributed by atoms with Crippen molar-refractivity contribution < 1.29 is 4.79 Å². The van der Waals surface area contributed by atoms with Crippen LogP contribution in [0.15, 0.2) is 12.5 Å². The molecule has 5 nitrogen and oxygen atoms in total. The number of carbonyl (C=O) groups excluding carboxylic acids is 1. The van der Waals surface area contributed by atoms with E-state index in [0.717, 1.165) is 12.8 Å². The molecule has 5 heteroatoms. The number of imidazole rings is 1. The van der Waals surface area contributed by atoms with Crippen LogP contribution in [0.3, 0.4) is 0 Å². The fourth-order valence-corrected chi connectivity index (χ4v) is 2.51. The molecule has 1 heterocycles. The van der Waals surface area contributed by atoms with Crippen LogP contribution in [0.25, 0.3) is 0 Å². The molecule has 1 aromatic rings. The van der Waals surface area contributed by atoms with Gasteiger partial charge in [0.1, 0.15) is 5.69 Å². The maximum atomic E-state index is 11.9. The molecule has 0 atom stereocenters. The monoisotopic (exact) mass is 236 g/mol. The molecule has 2 rings (SSSR count). The fraction of sp³-hybridized carbons (Fsp3) is 0.667. The van der Waals surface area contributed by atoms with Crippen LogP contribution in [0.2, 0.25) is 0 Å². The lowest BCUT2D eigenvalue weighted by Crippen LogP contribution is -2.41. The molecule has 0 saturated heterocycles. The van der Waals surface area contributed by atoms with E-state index in [1.807, 2.05) is 7.05 Å². The summed E-state index contributed by atoms with van der Waals surface area (Å²) in [6.07, 6.45) is 7.89. The number of nitrogens with one attached hydrogen (secondary N) is 1. The van der Waals surface area contributed by atoms with Gasteiger partial charge in [-0.25, -0.2) is 4.98 Å². The minimum Gasteiger partial charge on any atom is -0.350 e. The number of nitrogens with two attached hydrogens (primary N) is 1. The molecule has 1 amide bonds. The Kier molecular flexibility index (Phi) is 3.47. The van der Waals surface area contributed by atoms with Gasteiger partial charge in [0.15, 0.2) is 0 Å². The average Bonchev–Trinajstić information content (AvgIpc) is 2.95. The summed E-state index contributed by atoms with van der Waals surface area (Å²) in [6.45, 7) is 1.33. The first-order valence-corrected chi connectivity index (χ1v) is 6.11. The largest absolute Gasteiger partial charge is 0.350 e. The molecule has 1 aliphatic carbocycles. The van der Waals surface area contributed by atoms with Gasteiger partial charge in [-0.3, -0.25) is 4.79 Å². The van der Waals surface area contributed by atoms with Crippen LogP contribution in [0.1, 0.15) is 36.2 Å². The van der Waals surface area contributed by atoms with E-state index < -0.39 is 0 Å². The lowest BCUT2D eigenvalue weighted by Gasteiger charge is -2.27. The highest BCUT2D eigenvalue weighted by Crippen LogP contribution is 2.36. The highest BCUT2D eigenvalue weighted by atomic mass is 16.1. The predicted octanol–water partition coefficient (Wildman–Crippen LogP) is 0.669. The molecule has 0 unspecified atom stereocenters. The van der Waals surface area contributed by atoms with Gasteiger partial charge in [0.05, 0.1) is 12.5 Å². The number of rotatable bonds is 4. The van der Waals surface area contributed by atoms with E-state index in [9.17, 15) is 4.79 Å². The number of hydrogen-bond acceptors (Lipinski definition) is 3. The van der Waals surface area contributed by atoms with Crippen LogP contribution in [0.4, 0.5) is 0 Å². The van der Waals surface area contributed by atoms with Gasteiger partial charge >= 0.3 is 0 Å². The van der Waals surface area contributed by atoms with Gasteiger partial charge in [0.25, 0.3) is 5.91 Å². The van der Waals surface area contributed by atoms with Crippen molar-refractivity contribution in [2.75, 3.05) is 13.1 Å². The number of amides is 1. The topological polar surface area (TPSA) is 72.9 Å². The SMILES string of the molecule is Cn1cncc1C(=O)NCC1(CN)CCCC1. The van der Waals surface area contributed by atoms with Crippen LogP contribution in [0, 0.1) is 5.41 Å². The van der Waals surface area contributed by atoms with Crippen molar-refractivity contribution in [3.05, 3.63) is 18.2 Å². The lowest BCUT2D eigenvalue weighted by atomic mass is 9.86. The lowest BCUT2D eigenvalue weighted by molar-refractivity contribution is 0.0924. The molecule has 94 valence electrons. The number of nitrogens with zero attached hydrogens (tertiary/aromatic N) is 2. The highest BCUT2D eigenvalue weighted by molar-refractivity contribution is 5.92. The third-order valence-electron chi connectivity index (χ3n) is 3.77. The van der Waals surface area contributed by atoms with Gasteiger partial charge in [0, 0.05) is 13.6 Å². The standard InChI is InChI=1S/C12H20N4O/c1-16-9-14-6-10(16)11(17)15-8-12(7-13)4-2-3-5-12/h6,9H,2-5,7-8,13H2,1H3,(H,15,17). The van der Waals surface area contributed by atoms with Crippen LogP contribution in [-0.2, 0) is 7.05 Å². The summed E-state index contributed by atoms with van der Waals surface area (Å²) in [6, 6.07) is 0. The van der Waals surface area contributed by atoms with Crippen LogP contribution in [-0.4, -0.2) is 28.5 Å². The second-order valence-electron chi connectivity index (χ2n) is 4.98. The van der Waals surface area contributed by atoms with Gasteiger partial charge in [-0.2, -0.15) is 0 Å². The van der Waals surface area contributed by atoms with Gasteiger partial charge in [-0.15, -0.1) is 0 Å². The molecule has 0 aliphatic heterocycles. The Balaban J connectivity index is 1.94. The first-order chi connectivity index (χ1) is 8.17. The Morgan fingerprint density at radius 1 is 1.59 bits per heavy atom. The van der Waals surface area contributed by atoms with Crippen molar-refractivity contribution in [2.45, 2.75) is 25.7 Å². The zero-order valence-electron chi connectivity index (χ0n) is 10.3. The van der Waals surface area contributed by atoms with Crippen LogP contribution < -0.4 is 11.1 Å². The fourth-order valence-electron chi connectivity index (χ4n) is 2.51. The summed E-state index contributed by atoms with van der Waals surface area (Å²) in [5, 5.41) is 2.98. The Bertz CT molecular complexity index is 393. The van der Waals surface area contributed by atoms with E-state index >= 15 is 0 Å². The van der Waals surface area contributed by atoms with Gasteiger partial charge in [-0.05, 0) is 24.8 Å². The summed E-state index contributed by atoms with van der Waals surface area (Å²) in [5.74, 6) is -0.0651. The zero-order valence-corrected chi connectivity index (χ0v) is 10.3. The minimum absolute atomic E-state index is 0.0651. The van der Waals surface area contributed by atoms with Gasteiger partial charge in [0.2, 0.25) is 0 Å². The Labute approximate surface area is 101 Å². The van der Waals surface area contributed by atoms with Crippen LogP contribution >= 0.6 is 0 Å². The van der Waals surface area contributed by atoms with Crippen molar-refractivity contribution in [3.63, 3.8) is 0 Å². The molecule has 17 heavy (non-hydrogen) atoms. The molecule has 0 radical (unpaired) electrons. The maximum Gasteiger partial charge on any atom is 0.269 e. The first-order valence-electron chi connectivity index (χ1n) is 6.11. The second-order valence-corrected chi connectivity index (χ2v) is 4.98. The third-order valence-corrected chi connectivity index (χ3v) is 3.77. The predicted molar refractivity (Wildman–Crippen MR) is 65.5 cm³/mol. The van der Waals surface area contributed by atoms with Gasteiger partial charge in [-0.1, -0.05) is 12.8 Å². The summed E-state index contributed by atoms with van der Waals surface area (Å²) < 4.78 is 1.72. The summed E-state index contributed by atoms with van der Waals surface area (Å²) in [5.41, 5.74) is 6.55. The Morgan fingerprint density at radius 2 is 2.29 bits per heavy atom. The average molecular weight is 236 g/mol. The molecule has 1 saturated carbocycles. The van der Waals surface area contributed by atoms with Crippen molar-refractivity contribution in [1.29, 1.82) is 0 Å². The van der Waals surface area contributed by atoms with Crippen molar-refractivity contribution in [3.8, 4) is 0 Å². The van der Waals surface area contributed by atoms with Crippen molar-refractivity contribution >= 4 is 5.91 Å². The smallest absolute Gasteiger partial charge is 0.269 e. The molecular formula is C12H20N4O. The third kappa shape index (κ3) is 2.49. The van der Waals surface area contributed by atoms with E-state index in [1.54, 1.807) is 17.1 Å². The summed E-state index contributed by atoms with van der Waals surface area (Å²) >= 11 is 0. The van der Waals surface area contributed by atoms with E-state index in [0.29, 0.717) is 18.8 Å². The molecule has 1 aliphatic rings. The Hall–Kier alpha value is -1.36. The van der Waals surface area contributed by atoms with E-state index in [4.69, 9.17) is 5.73 Å². The number of carbonyl (C=O) groups is 1. The normalized spacial score (nSPS) is 18.2. The summed E-state index contributed by atoms with van der Waals surface area (Å²) in [7, 11) is 1.82. The number of hydrogen-bond donors (Lipinski definition) is 2. The van der Waals surface area contributed by atoms with E-state index in [-0.39, 0.29) is 11.3 Å². The van der Waals surface area contributed by atoms with Crippen LogP contribution in [0.5, 0.6) is 0 Å². The minimum atomic E-state index is -0.0651. The summed E-state index contributed by atoms with van der Waals surface area (Å²) in [4.78, 5) is 15.9. The molecule has 1 fully saturated rings. The molecule has 3 N–H and O–H groups in total. The maximum absolute atomic E-state index is 11.9. The molecule has 0 aromatic carbocycles. The zero-order chi connectivity index (χ0) is 12.3. The van der Waals surface area contributed by atoms with E-state index in [1.165, 1.54) is 12.8 Å². The molecule has 0 spiro atoms. The van der Waals surface area contributed by atoms with Crippen molar-refractivity contribution in [1.82, 2.24) is 14.9 Å². The Morgan fingerprint density at radius 3 is 2.82 bits per heavy atom.